The number of primary amides is 2. The molecule has 21 heteroatoms. The predicted octanol–water partition coefficient (Wildman–Crippen LogP) is 3.01. The van der Waals surface area contributed by atoms with Crippen LogP contribution in [0.1, 0.15) is 39.9 Å². The summed E-state index contributed by atoms with van der Waals surface area (Å²) in [7, 11) is 1.01. The number of rotatable bonds is 8. The number of guanidine groups is 1. The van der Waals surface area contributed by atoms with Crippen LogP contribution in [-0.4, -0.2) is 77.1 Å². The third-order valence-corrected chi connectivity index (χ3v) is 6.72. The average molecular weight is 696 g/mol. The van der Waals surface area contributed by atoms with E-state index in [0.29, 0.717) is 6.07 Å². The topological polar surface area (TPSA) is 204 Å². The number of aliphatic carboxylic acids is 1. The molecule has 0 bridgehead atoms. The number of carbonyl (C=O) groups excluding carboxylic acids is 3. The molecule has 2 unspecified atom stereocenters. The lowest BCUT2D eigenvalue weighted by Gasteiger charge is -2.27. The number of ether oxygens (including phenoxy) is 1. The van der Waals surface area contributed by atoms with E-state index in [1.807, 2.05) is 0 Å². The number of aliphatic imine (C=N–C) groups is 1. The molecular weight excluding hydrogens is 670 g/mol. The number of fused-ring (bicyclic) bond motifs is 1. The number of nitrogens with two attached hydrogens (primary N) is 2. The van der Waals surface area contributed by atoms with E-state index >= 15 is 4.39 Å². The van der Waals surface area contributed by atoms with E-state index in [0.717, 1.165) is 23.9 Å². The first-order chi connectivity index (χ1) is 22.3. The molecule has 0 radical (unpaired) electrons. The molecule has 0 saturated carbocycles. The summed E-state index contributed by atoms with van der Waals surface area (Å²) in [6.45, 7) is -0.167. The third-order valence-electron chi connectivity index (χ3n) is 6.72. The number of hydrogen-bond donors (Lipinski definition) is 5. The first kappa shape index (κ1) is 37.0. The minimum Gasteiger partial charge on any atom is -0.475 e. The lowest BCUT2D eigenvalue weighted by atomic mass is 9.86. The highest BCUT2D eigenvalue weighted by Crippen LogP contribution is 2.40. The summed E-state index contributed by atoms with van der Waals surface area (Å²) in [6.07, 6.45) is -10.9. The molecule has 1 aliphatic rings. The number of carboxylic acid groups (broad SMARTS) is 1. The zero-order valence-electron chi connectivity index (χ0n) is 24.3. The van der Waals surface area contributed by atoms with E-state index in [9.17, 15) is 45.1 Å². The zero-order valence-corrected chi connectivity index (χ0v) is 24.3. The number of carbonyl (C=O) groups is 4. The van der Waals surface area contributed by atoms with Gasteiger partial charge in [0.2, 0.25) is 11.8 Å². The number of amides is 2. The Balaban J connectivity index is 0.000000804. The van der Waals surface area contributed by atoms with Gasteiger partial charge in [-0.1, -0.05) is 12.1 Å². The standard InChI is InChI=1S/C25H24F5N7O4.C2HF3O2/c1-41-19(38)7-14(13-3-2-4-16(20(13)27)25(28,29)30)21(23(32)40)37-18-6-11(22(31)39)5-17(15(18)10-35-37)36-24-33-8-12(26)9-34-24;3-2(4,5)1(6)7/h2-6,10,12,14,21H,7-9H2,1H3,(H2,31,39)(H2,32,40)(H2,33,34,36);(H,6,7)/t14-,21?;/m0./s1. The van der Waals surface area contributed by atoms with Crippen LogP contribution in [0.15, 0.2) is 41.5 Å². The summed E-state index contributed by atoms with van der Waals surface area (Å²) >= 11 is 0. The molecule has 4 rings (SSSR count). The van der Waals surface area contributed by atoms with Crippen molar-refractivity contribution in [1.29, 1.82) is 0 Å². The van der Waals surface area contributed by atoms with Crippen LogP contribution in [0.4, 0.5) is 40.8 Å². The van der Waals surface area contributed by atoms with Crippen LogP contribution in [0.2, 0.25) is 0 Å². The van der Waals surface area contributed by atoms with Crippen LogP contribution in [0, 0.1) is 5.82 Å². The first-order valence-electron chi connectivity index (χ1n) is 13.3. The highest BCUT2D eigenvalue weighted by Gasteiger charge is 2.40. The Labute approximate surface area is 263 Å². The molecule has 48 heavy (non-hydrogen) atoms. The predicted molar refractivity (Wildman–Crippen MR) is 150 cm³/mol. The zero-order chi connectivity index (χ0) is 36.1. The van der Waals surface area contributed by atoms with Crippen LogP contribution >= 0.6 is 0 Å². The van der Waals surface area contributed by atoms with Crippen molar-refractivity contribution in [2.24, 2.45) is 16.5 Å². The number of carboxylic acids is 1. The largest absolute Gasteiger partial charge is 0.490 e. The summed E-state index contributed by atoms with van der Waals surface area (Å²) < 4.78 is 107. The maximum atomic E-state index is 15.3. The summed E-state index contributed by atoms with van der Waals surface area (Å²) in [5.41, 5.74) is 9.07. The molecule has 1 aliphatic heterocycles. The third kappa shape index (κ3) is 8.64. The Morgan fingerprint density at radius 3 is 2.29 bits per heavy atom. The van der Waals surface area contributed by atoms with Gasteiger partial charge in [0.1, 0.15) is 18.0 Å². The number of methoxy groups -OCH3 is 1. The maximum absolute atomic E-state index is 15.3. The van der Waals surface area contributed by atoms with Gasteiger partial charge in [-0.05, 0) is 23.8 Å². The van der Waals surface area contributed by atoms with Crippen molar-refractivity contribution in [1.82, 2.24) is 15.1 Å². The minimum atomic E-state index is -5.08. The van der Waals surface area contributed by atoms with Gasteiger partial charge in [-0.15, -0.1) is 0 Å². The van der Waals surface area contributed by atoms with Gasteiger partial charge < -0.3 is 31.9 Å². The monoisotopic (exact) mass is 695 g/mol. The molecule has 1 aromatic heterocycles. The Hall–Kier alpha value is -5.50. The van der Waals surface area contributed by atoms with Crippen LogP contribution in [0.25, 0.3) is 10.9 Å². The van der Waals surface area contributed by atoms with Gasteiger partial charge in [-0.25, -0.2) is 18.6 Å². The number of halogens is 8. The Bertz CT molecular complexity index is 1740. The van der Waals surface area contributed by atoms with E-state index in [2.05, 4.69) is 25.5 Å². The number of alkyl halides is 7. The lowest BCUT2D eigenvalue weighted by Crippen LogP contribution is -2.41. The Morgan fingerprint density at radius 2 is 1.79 bits per heavy atom. The van der Waals surface area contributed by atoms with E-state index in [-0.39, 0.29) is 41.2 Å². The number of aromatic nitrogens is 2. The number of nitrogens with zero attached hydrogens (tertiary/aromatic N) is 3. The molecule has 2 aromatic carbocycles. The molecule has 7 N–H and O–H groups in total. The molecule has 0 fully saturated rings. The van der Waals surface area contributed by atoms with Crippen LogP contribution in [0.3, 0.4) is 0 Å². The highest BCUT2D eigenvalue weighted by atomic mass is 19.4. The number of hydrogen-bond acceptors (Lipinski definition) is 9. The highest BCUT2D eigenvalue weighted by molar-refractivity contribution is 6.07. The lowest BCUT2D eigenvalue weighted by molar-refractivity contribution is -0.192. The molecule has 260 valence electrons. The molecule has 0 aliphatic carbocycles. The van der Waals surface area contributed by atoms with Gasteiger partial charge in [-0.2, -0.15) is 31.4 Å². The molecule has 2 amide bonds. The molecule has 3 aromatic rings. The number of nitrogens with one attached hydrogen (secondary N) is 2. The molecule has 0 saturated heterocycles. The average Bonchev–Trinajstić information content (AvgIpc) is 3.41. The minimum absolute atomic E-state index is 0.0364. The summed E-state index contributed by atoms with van der Waals surface area (Å²) in [5, 5.41) is 17.2. The summed E-state index contributed by atoms with van der Waals surface area (Å²) in [5.74, 6) is -8.96. The van der Waals surface area contributed by atoms with Gasteiger partial charge in [0.15, 0.2) is 5.96 Å². The van der Waals surface area contributed by atoms with E-state index in [4.69, 9.17) is 21.4 Å². The van der Waals surface area contributed by atoms with Gasteiger partial charge in [0.25, 0.3) is 0 Å². The smallest absolute Gasteiger partial charge is 0.475 e. The van der Waals surface area contributed by atoms with Crippen molar-refractivity contribution in [2.45, 2.75) is 36.9 Å². The first-order valence-corrected chi connectivity index (χ1v) is 13.3. The summed E-state index contributed by atoms with van der Waals surface area (Å²) in [6, 6.07) is 3.29. The van der Waals surface area contributed by atoms with Crippen molar-refractivity contribution in [3.05, 3.63) is 59.0 Å². The Kier molecular flexibility index (Phi) is 11.2. The van der Waals surface area contributed by atoms with Crippen molar-refractivity contribution in [3.63, 3.8) is 0 Å². The van der Waals surface area contributed by atoms with Crippen LogP contribution in [0.5, 0.6) is 0 Å². The van der Waals surface area contributed by atoms with Gasteiger partial charge >= 0.3 is 24.3 Å². The second-order valence-corrected chi connectivity index (χ2v) is 9.95. The van der Waals surface area contributed by atoms with Crippen molar-refractivity contribution >= 4 is 46.3 Å². The fraction of sp³-hybridized carbons (Fsp3) is 0.333. The van der Waals surface area contributed by atoms with Gasteiger partial charge in [0, 0.05) is 16.9 Å². The maximum Gasteiger partial charge on any atom is 0.490 e. The van der Waals surface area contributed by atoms with Crippen molar-refractivity contribution in [3.8, 4) is 0 Å². The van der Waals surface area contributed by atoms with E-state index < -0.39 is 77.6 Å². The molecule has 13 nitrogen and oxygen atoms in total. The number of esters is 1. The number of benzene rings is 2. The molecular formula is C27H25F8N7O6. The molecule has 2 heterocycles. The van der Waals surface area contributed by atoms with Crippen molar-refractivity contribution < 1.29 is 64.1 Å². The van der Waals surface area contributed by atoms with Crippen molar-refractivity contribution in [2.75, 3.05) is 25.5 Å². The second kappa shape index (κ2) is 14.5. The van der Waals surface area contributed by atoms with Crippen LogP contribution in [-0.2, 0) is 25.3 Å². The Morgan fingerprint density at radius 1 is 1.15 bits per heavy atom. The molecule has 0 spiro atoms. The normalized spacial score (nSPS) is 16.0. The summed E-state index contributed by atoms with van der Waals surface area (Å²) in [4.78, 5) is 50.3. The van der Waals surface area contributed by atoms with E-state index in [1.54, 1.807) is 0 Å². The quantitative estimate of drug-likeness (QED) is 0.173. The fourth-order valence-corrected chi connectivity index (χ4v) is 4.54. The fourth-order valence-electron chi connectivity index (χ4n) is 4.54. The second-order valence-electron chi connectivity index (χ2n) is 9.95. The number of anilines is 1. The SMILES string of the molecule is COC(=O)C[C@@H](c1cccc(C(F)(F)F)c1F)C(C(N)=O)n1ncc2c(NC3=NCC(F)CN3)cc(C(N)=O)cc21.O=C(O)C(F)(F)F. The van der Waals surface area contributed by atoms with Gasteiger partial charge in [0.05, 0.1) is 49.6 Å². The molecule has 3 atom stereocenters. The van der Waals surface area contributed by atoms with Gasteiger partial charge in [-0.3, -0.25) is 19.1 Å². The van der Waals surface area contributed by atoms with E-state index in [1.165, 1.54) is 18.3 Å². The van der Waals surface area contributed by atoms with Crippen LogP contribution < -0.4 is 22.1 Å².